The number of carbonyl (C=O) groups is 2. The average molecular weight is 999 g/mol. The van der Waals surface area contributed by atoms with E-state index in [0.717, 1.165) is 62.1 Å². The van der Waals surface area contributed by atoms with Gasteiger partial charge in [0.25, 0.3) is 11.8 Å². The van der Waals surface area contributed by atoms with Crippen molar-refractivity contribution in [3.05, 3.63) is 72.6 Å². The number of guanidine groups is 2. The number of amides is 2. The molecule has 15 nitrogen and oxygen atoms in total. The topological polar surface area (TPSA) is 138 Å². The van der Waals surface area contributed by atoms with Gasteiger partial charge in [-0.3, -0.25) is 43.7 Å². The highest BCUT2D eigenvalue weighted by molar-refractivity contribution is 9.11. The van der Waals surface area contributed by atoms with Gasteiger partial charge in [-0.25, -0.2) is 4.98 Å². The largest absolute Gasteiger partial charge is 0.496 e. The Morgan fingerprint density at radius 3 is 1.66 bits per heavy atom. The van der Waals surface area contributed by atoms with Crippen LogP contribution in [0.25, 0.3) is 0 Å². The third kappa shape index (κ3) is 7.42. The second kappa shape index (κ2) is 16.9. The fourth-order valence-corrected chi connectivity index (χ4v) is 10.1. The van der Waals surface area contributed by atoms with Gasteiger partial charge in [0.1, 0.15) is 11.5 Å². The summed E-state index contributed by atoms with van der Waals surface area (Å²) in [5.41, 5.74) is 3.32. The number of imidazole rings is 2. The third-order valence-electron chi connectivity index (χ3n) is 11.4. The van der Waals surface area contributed by atoms with E-state index in [1.165, 1.54) is 12.8 Å². The van der Waals surface area contributed by atoms with Crippen molar-refractivity contribution in [1.29, 1.82) is 0 Å². The van der Waals surface area contributed by atoms with E-state index in [0.29, 0.717) is 73.2 Å². The van der Waals surface area contributed by atoms with E-state index in [1.807, 2.05) is 54.8 Å². The minimum absolute atomic E-state index is 0.0360. The molecule has 2 unspecified atom stereocenters. The van der Waals surface area contributed by atoms with Gasteiger partial charge >= 0.3 is 0 Å². The number of hydrogen-bond donors (Lipinski definition) is 1. The van der Waals surface area contributed by atoms with E-state index in [-0.39, 0.29) is 23.9 Å². The fourth-order valence-electron chi connectivity index (χ4n) is 8.44. The Hall–Kier alpha value is -4.42. The minimum atomic E-state index is -0.0672. The van der Waals surface area contributed by atoms with Crippen molar-refractivity contribution in [3.63, 3.8) is 0 Å². The number of halogens is 3. The lowest BCUT2D eigenvalue weighted by Crippen LogP contribution is -2.52. The van der Waals surface area contributed by atoms with Gasteiger partial charge in [-0.15, -0.1) is 0 Å². The standard InChI is InChI=1S/C23H29BrN6O2.C18H19Br2N5O2/c1-4-28-21(31)19-20(30-14(2)12-25-23(28)30)27-22(26-16-7-5-6-8-16)29(19)13-15-9-10-18(32-3)17(24)11-15;1-4-23-16(26)14-15(25-10(2)8-21-18(23)25)22-17(20)24(14)9-11-5-6-13(27-3)12(19)7-11/h9-11,14,16H,4-8,12-13H2,1-3H3,(H,26,27);5-7,10H,4,8-9H2,1-3H3. The summed E-state index contributed by atoms with van der Waals surface area (Å²) in [4.78, 5) is 53.4. The predicted octanol–water partition coefficient (Wildman–Crippen LogP) is 7.60. The molecule has 1 N–H and O–H groups in total. The summed E-state index contributed by atoms with van der Waals surface area (Å²) in [7, 11) is 3.29. The van der Waals surface area contributed by atoms with Crippen LogP contribution in [0.15, 0.2) is 60.1 Å². The van der Waals surface area contributed by atoms with Crippen LogP contribution in [-0.2, 0) is 13.1 Å². The van der Waals surface area contributed by atoms with Crippen molar-refractivity contribution in [2.24, 2.45) is 9.98 Å². The summed E-state index contributed by atoms with van der Waals surface area (Å²) in [6.07, 6.45) is 4.72. The molecule has 9 rings (SSSR count). The van der Waals surface area contributed by atoms with E-state index in [1.54, 1.807) is 24.0 Å². The first-order chi connectivity index (χ1) is 28.5. The molecule has 0 spiro atoms. The Labute approximate surface area is 369 Å². The van der Waals surface area contributed by atoms with Gasteiger partial charge in [-0.05, 0) is 124 Å². The van der Waals surface area contributed by atoms with Crippen LogP contribution in [-0.4, -0.2) is 111 Å². The smallest absolute Gasteiger partial charge is 0.281 e. The number of anilines is 3. The van der Waals surface area contributed by atoms with Crippen molar-refractivity contribution in [2.45, 2.75) is 84.6 Å². The maximum atomic E-state index is 13.6. The monoisotopic (exact) mass is 995 g/mol. The van der Waals surface area contributed by atoms with Crippen molar-refractivity contribution in [1.82, 2.24) is 28.9 Å². The number of benzene rings is 2. The van der Waals surface area contributed by atoms with Crippen LogP contribution in [0.2, 0.25) is 0 Å². The van der Waals surface area contributed by atoms with Gasteiger partial charge in [0.15, 0.2) is 27.8 Å². The molecule has 312 valence electrons. The number of aromatic nitrogens is 4. The summed E-state index contributed by atoms with van der Waals surface area (Å²) >= 11 is 10.7. The second-order valence-electron chi connectivity index (χ2n) is 15.2. The molecule has 18 heteroatoms. The van der Waals surface area contributed by atoms with Gasteiger partial charge in [-0.1, -0.05) is 25.0 Å². The molecule has 1 fully saturated rings. The molecule has 1 saturated carbocycles. The van der Waals surface area contributed by atoms with E-state index in [9.17, 15) is 9.59 Å². The molecule has 4 aliphatic heterocycles. The number of methoxy groups -OCH3 is 2. The summed E-state index contributed by atoms with van der Waals surface area (Å²) in [5, 5.41) is 3.65. The first kappa shape index (κ1) is 41.3. The van der Waals surface area contributed by atoms with Crippen molar-refractivity contribution >= 4 is 89.1 Å². The van der Waals surface area contributed by atoms with Crippen LogP contribution in [0.3, 0.4) is 0 Å². The molecule has 0 radical (unpaired) electrons. The van der Waals surface area contributed by atoms with Crippen LogP contribution < -0.4 is 24.6 Å². The first-order valence-electron chi connectivity index (χ1n) is 20.1. The third-order valence-corrected chi connectivity index (χ3v) is 13.3. The van der Waals surface area contributed by atoms with Gasteiger partial charge in [0.2, 0.25) is 17.9 Å². The van der Waals surface area contributed by atoms with Crippen LogP contribution in [0.1, 0.15) is 85.5 Å². The minimum Gasteiger partial charge on any atom is -0.496 e. The number of nitrogens with one attached hydrogen (secondary N) is 1. The zero-order valence-corrected chi connectivity index (χ0v) is 38.8. The molecule has 2 aromatic carbocycles. The van der Waals surface area contributed by atoms with E-state index in [4.69, 9.17) is 14.5 Å². The fraction of sp³-hybridized carbons (Fsp3) is 0.463. The van der Waals surface area contributed by atoms with Gasteiger partial charge < -0.3 is 19.4 Å². The maximum absolute atomic E-state index is 13.6. The summed E-state index contributed by atoms with van der Waals surface area (Å²) < 4.78 is 17.0. The van der Waals surface area contributed by atoms with Crippen LogP contribution in [0, 0.1) is 0 Å². The van der Waals surface area contributed by atoms with E-state index in [2.05, 4.69) is 96.3 Å². The van der Waals surface area contributed by atoms with Crippen LogP contribution in [0.4, 0.5) is 17.6 Å². The highest BCUT2D eigenvalue weighted by Crippen LogP contribution is 2.38. The lowest BCUT2D eigenvalue weighted by molar-refractivity contribution is 0.0827. The first-order valence-corrected chi connectivity index (χ1v) is 22.4. The normalized spacial score (nSPS) is 19.5. The molecule has 2 amide bonds. The van der Waals surface area contributed by atoms with Crippen LogP contribution in [0.5, 0.6) is 11.5 Å². The summed E-state index contributed by atoms with van der Waals surface area (Å²) in [6.45, 7) is 11.7. The molecule has 2 aromatic heterocycles. The van der Waals surface area contributed by atoms with E-state index >= 15 is 0 Å². The number of aliphatic imine (C=N–C) groups is 2. The van der Waals surface area contributed by atoms with Crippen molar-refractivity contribution < 1.29 is 19.1 Å². The molecule has 6 heterocycles. The quantitative estimate of drug-likeness (QED) is 0.170. The number of rotatable bonds is 10. The van der Waals surface area contributed by atoms with Crippen molar-refractivity contribution in [3.8, 4) is 11.5 Å². The highest BCUT2D eigenvalue weighted by atomic mass is 79.9. The van der Waals surface area contributed by atoms with Gasteiger partial charge in [-0.2, -0.15) is 4.98 Å². The molecule has 1 aliphatic carbocycles. The number of carbonyl (C=O) groups excluding carboxylic acids is 2. The molecule has 0 bridgehead atoms. The number of nitrogens with zero attached hydrogens (tertiary/aromatic N) is 10. The molecule has 5 aliphatic rings. The Morgan fingerprint density at radius 1 is 0.712 bits per heavy atom. The average Bonchev–Trinajstić information content (AvgIpc) is 4.06. The summed E-state index contributed by atoms with van der Waals surface area (Å²) in [6, 6.07) is 12.6. The Bertz CT molecular complexity index is 2350. The lowest BCUT2D eigenvalue weighted by atomic mass is 10.2. The second-order valence-corrected chi connectivity index (χ2v) is 17.6. The molecule has 2 atom stereocenters. The van der Waals surface area contributed by atoms with Gasteiger partial charge in [0, 0.05) is 19.1 Å². The SMILES string of the molecule is CCN1C(=O)c2c(nc(Br)n2Cc2ccc(OC)c(Br)c2)N2C1=NCC2C.CCN1C(=O)c2c(nc(NC3CCCC3)n2Cc2ccc(OC)c(Br)c2)N2C1=NCC2C. The molecule has 4 aromatic rings. The molecular formula is C41H48Br3N11O4. The predicted molar refractivity (Wildman–Crippen MR) is 240 cm³/mol. The lowest BCUT2D eigenvalue weighted by Gasteiger charge is -2.35. The Balaban J connectivity index is 0.000000167. The molecule has 0 saturated heterocycles. The number of ether oxygens (including phenoxy) is 2. The number of hydrogen-bond acceptors (Lipinski definition) is 11. The highest BCUT2D eigenvalue weighted by Gasteiger charge is 2.45. The zero-order chi connectivity index (χ0) is 41.7. The molecule has 59 heavy (non-hydrogen) atoms. The molecular weight excluding hydrogens is 950 g/mol. The Kier molecular flexibility index (Phi) is 11.8. The summed E-state index contributed by atoms with van der Waals surface area (Å²) in [5.74, 6) is 5.03. The van der Waals surface area contributed by atoms with Crippen LogP contribution >= 0.6 is 47.8 Å². The van der Waals surface area contributed by atoms with E-state index < -0.39 is 0 Å². The number of fused-ring (bicyclic) bond motifs is 6. The zero-order valence-electron chi connectivity index (χ0n) is 34.0. The van der Waals surface area contributed by atoms with Crippen molar-refractivity contribution in [2.75, 3.05) is 55.5 Å². The Morgan fingerprint density at radius 2 is 1.19 bits per heavy atom. The maximum Gasteiger partial charge on any atom is 0.281 e. The van der Waals surface area contributed by atoms with Gasteiger partial charge in [0.05, 0.1) is 61.4 Å².